The molecular weight excluding hydrogens is 138 g/mol. The van der Waals surface area contributed by atoms with Gasteiger partial charge in [-0.25, -0.2) is 0 Å². The number of nitrogens with one attached hydrogen (secondary N) is 1. The van der Waals surface area contributed by atoms with E-state index in [-0.39, 0.29) is 5.60 Å². The molecule has 0 bridgehead atoms. The molecule has 1 aliphatic rings. The average Bonchev–Trinajstić information content (AvgIpc) is 2.39. The molecule has 1 saturated heterocycles. The summed E-state index contributed by atoms with van der Waals surface area (Å²) < 4.78 is 5.89. The second kappa shape index (κ2) is 3.55. The maximum Gasteiger partial charge on any atom is 0.0718 e. The summed E-state index contributed by atoms with van der Waals surface area (Å²) in [7, 11) is 0. The number of rotatable bonds is 3. The van der Waals surface area contributed by atoms with Crippen molar-refractivity contribution in [2.75, 3.05) is 13.1 Å². The van der Waals surface area contributed by atoms with Crippen molar-refractivity contribution in [2.24, 2.45) is 0 Å². The van der Waals surface area contributed by atoms with Gasteiger partial charge in [0.25, 0.3) is 0 Å². The Morgan fingerprint density at radius 3 is 2.73 bits per heavy atom. The van der Waals surface area contributed by atoms with Crippen molar-refractivity contribution in [3.63, 3.8) is 0 Å². The maximum atomic E-state index is 5.89. The molecule has 0 saturated carbocycles. The second-order valence-corrected chi connectivity index (χ2v) is 3.85. The SMILES string of the molecule is CCC(C)(C)O[C@H]1CCNC1. The number of hydrogen-bond donors (Lipinski definition) is 1. The van der Waals surface area contributed by atoms with Crippen LogP contribution in [0.25, 0.3) is 0 Å². The molecule has 0 unspecified atom stereocenters. The fourth-order valence-corrected chi connectivity index (χ4v) is 1.26. The zero-order chi connectivity index (χ0) is 8.32. The smallest absolute Gasteiger partial charge is 0.0718 e. The van der Waals surface area contributed by atoms with Gasteiger partial charge in [0.2, 0.25) is 0 Å². The fourth-order valence-electron chi connectivity index (χ4n) is 1.26. The Morgan fingerprint density at radius 1 is 1.55 bits per heavy atom. The third-order valence-corrected chi connectivity index (χ3v) is 2.35. The zero-order valence-corrected chi connectivity index (χ0v) is 7.81. The fraction of sp³-hybridized carbons (Fsp3) is 1.00. The molecular formula is C9H19NO. The average molecular weight is 157 g/mol. The van der Waals surface area contributed by atoms with Crippen LogP contribution < -0.4 is 5.32 Å². The minimum atomic E-state index is 0.0662. The Balaban J connectivity index is 2.28. The summed E-state index contributed by atoms with van der Waals surface area (Å²) in [6.45, 7) is 8.63. The molecule has 0 amide bonds. The van der Waals surface area contributed by atoms with Gasteiger partial charge in [0.05, 0.1) is 11.7 Å². The molecule has 1 atom stereocenters. The molecule has 1 rings (SSSR count). The highest BCUT2D eigenvalue weighted by Crippen LogP contribution is 2.18. The lowest BCUT2D eigenvalue weighted by Crippen LogP contribution is -2.31. The maximum absolute atomic E-state index is 5.89. The van der Waals surface area contributed by atoms with Crippen LogP contribution in [0.3, 0.4) is 0 Å². The van der Waals surface area contributed by atoms with E-state index < -0.39 is 0 Å². The molecule has 0 aromatic rings. The lowest BCUT2D eigenvalue weighted by Gasteiger charge is -2.27. The van der Waals surface area contributed by atoms with Gasteiger partial charge in [-0.2, -0.15) is 0 Å². The largest absolute Gasteiger partial charge is 0.371 e. The molecule has 0 aliphatic carbocycles. The monoisotopic (exact) mass is 157 g/mol. The Kier molecular flexibility index (Phi) is 2.90. The van der Waals surface area contributed by atoms with Crippen LogP contribution in [-0.4, -0.2) is 24.8 Å². The number of hydrogen-bond acceptors (Lipinski definition) is 2. The van der Waals surface area contributed by atoms with E-state index in [1.54, 1.807) is 0 Å². The van der Waals surface area contributed by atoms with Gasteiger partial charge < -0.3 is 10.1 Å². The van der Waals surface area contributed by atoms with E-state index in [9.17, 15) is 0 Å². The van der Waals surface area contributed by atoms with Gasteiger partial charge in [0.1, 0.15) is 0 Å². The van der Waals surface area contributed by atoms with E-state index in [0.29, 0.717) is 6.10 Å². The molecule has 0 spiro atoms. The van der Waals surface area contributed by atoms with Crippen LogP contribution in [0.5, 0.6) is 0 Å². The lowest BCUT2D eigenvalue weighted by atomic mass is 10.1. The Morgan fingerprint density at radius 2 is 2.27 bits per heavy atom. The molecule has 1 fully saturated rings. The summed E-state index contributed by atoms with van der Waals surface area (Å²) in [6, 6.07) is 0. The van der Waals surface area contributed by atoms with Crippen LogP contribution in [0.1, 0.15) is 33.6 Å². The van der Waals surface area contributed by atoms with Crippen LogP contribution in [0, 0.1) is 0 Å². The standard InChI is InChI=1S/C9H19NO/c1-4-9(2,3)11-8-5-6-10-7-8/h8,10H,4-7H2,1-3H3/t8-/m0/s1. The van der Waals surface area contributed by atoms with E-state index in [1.807, 2.05) is 0 Å². The van der Waals surface area contributed by atoms with E-state index in [0.717, 1.165) is 19.5 Å². The first-order valence-corrected chi connectivity index (χ1v) is 4.52. The molecule has 1 aliphatic heterocycles. The van der Waals surface area contributed by atoms with Crippen molar-refractivity contribution in [1.82, 2.24) is 5.32 Å². The first-order chi connectivity index (χ1) is 5.14. The van der Waals surface area contributed by atoms with Crippen LogP contribution in [-0.2, 0) is 4.74 Å². The van der Waals surface area contributed by atoms with E-state index in [1.165, 1.54) is 6.42 Å². The molecule has 0 aromatic carbocycles. The molecule has 0 radical (unpaired) electrons. The zero-order valence-electron chi connectivity index (χ0n) is 7.81. The molecule has 0 aromatic heterocycles. The predicted octanol–water partition coefficient (Wildman–Crippen LogP) is 1.55. The van der Waals surface area contributed by atoms with Crippen molar-refractivity contribution < 1.29 is 4.74 Å². The number of ether oxygens (including phenoxy) is 1. The van der Waals surface area contributed by atoms with Gasteiger partial charge in [-0.1, -0.05) is 6.92 Å². The predicted molar refractivity (Wildman–Crippen MR) is 46.7 cm³/mol. The van der Waals surface area contributed by atoms with Gasteiger partial charge in [0, 0.05) is 6.54 Å². The van der Waals surface area contributed by atoms with Gasteiger partial charge >= 0.3 is 0 Å². The van der Waals surface area contributed by atoms with Crippen LogP contribution in [0.2, 0.25) is 0 Å². The third kappa shape index (κ3) is 2.80. The van der Waals surface area contributed by atoms with Crippen molar-refractivity contribution in [3.8, 4) is 0 Å². The van der Waals surface area contributed by atoms with E-state index in [4.69, 9.17) is 4.74 Å². The van der Waals surface area contributed by atoms with Crippen molar-refractivity contribution in [3.05, 3.63) is 0 Å². The van der Waals surface area contributed by atoms with E-state index in [2.05, 4.69) is 26.1 Å². The summed E-state index contributed by atoms with van der Waals surface area (Å²) in [5, 5.41) is 3.29. The van der Waals surface area contributed by atoms with Crippen molar-refractivity contribution in [1.29, 1.82) is 0 Å². The first kappa shape index (κ1) is 9.01. The topological polar surface area (TPSA) is 21.3 Å². The van der Waals surface area contributed by atoms with Crippen LogP contribution in [0.4, 0.5) is 0 Å². The van der Waals surface area contributed by atoms with Crippen molar-refractivity contribution in [2.45, 2.75) is 45.3 Å². The Bertz CT molecular complexity index is 117. The highest BCUT2D eigenvalue weighted by Gasteiger charge is 2.23. The minimum absolute atomic E-state index is 0.0662. The van der Waals surface area contributed by atoms with Gasteiger partial charge in [0.15, 0.2) is 0 Å². The normalized spacial score (nSPS) is 25.9. The molecule has 11 heavy (non-hydrogen) atoms. The molecule has 1 N–H and O–H groups in total. The van der Waals surface area contributed by atoms with Gasteiger partial charge in [-0.15, -0.1) is 0 Å². The Hall–Kier alpha value is -0.0800. The summed E-state index contributed by atoms with van der Waals surface area (Å²) >= 11 is 0. The highest BCUT2D eigenvalue weighted by molar-refractivity contribution is 4.76. The second-order valence-electron chi connectivity index (χ2n) is 3.85. The van der Waals surface area contributed by atoms with Crippen LogP contribution in [0.15, 0.2) is 0 Å². The van der Waals surface area contributed by atoms with Crippen LogP contribution >= 0.6 is 0 Å². The first-order valence-electron chi connectivity index (χ1n) is 4.52. The summed E-state index contributed by atoms with van der Waals surface area (Å²) in [4.78, 5) is 0. The molecule has 1 heterocycles. The Labute approximate surface area is 69.3 Å². The lowest BCUT2D eigenvalue weighted by molar-refractivity contribution is -0.0642. The third-order valence-electron chi connectivity index (χ3n) is 2.35. The quantitative estimate of drug-likeness (QED) is 0.671. The van der Waals surface area contributed by atoms with Gasteiger partial charge in [-0.05, 0) is 33.2 Å². The van der Waals surface area contributed by atoms with Gasteiger partial charge in [-0.3, -0.25) is 0 Å². The summed E-state index contributed by atoms with van der Waals surface area (Å²) in [5.74, 6) is 0. The van der Waals surface area contributed by atoms with E-state index >= 15 is 0 Å². The molecule has 66 valence electrons. The van der Waals surface area contributed by atoms with Crippen molar-refractivity contribution >= 4 is 0 Å². The molecule has 2 heteroatoms. The highest BCUT2D eigenvalue weighted by atomic mass is 16.5. The molecule has 2 nitrogen and oxygen atoms in total. The summed E-state index contributed by atoms with van der Waals surface area (Å²) in [5.41, 5.74) is 0.0662. The summed E-state index contributed by atoms with van der Waals surface area (Å²) in [6.07, 6.45) is 2.71. The minimum Gasteiger partial charge on any atom is -0.371 e.